The van der Waals surface area contributed by atoms with Crippen molar-refractivity contribution in [2.45, 2.75) is 25.2 Å². The fraction of sp³-hybridized carbons (Fsp3) is 0.207. The van der Waals surface area contributed by atoms with Gasteiger partial charge in [0.25, 0.3) is 0 Å². The normalized spacial score (nSPS) is 18.6. The third-order valence-corrected chi connectivity index (χ3v) is 6.83. The smallest absolute Gasteiger partial charge is 0.139 e. The monoisotopic (exact) mass is 448 g/mol. The number of rotatable bonds is 4. The largest absolute Gasteiger partial charge is 0.508 e. The molecule has 5 nitrogen and oxygen atoms in total. The number of imidazole rings is 1. The summed E-state index contributed by atoms with van der Waals surface area (Å²) in [6, 6.07) is 26.2. The van der Waals surface area contributed by atoms with Crippen molar-refractivity contribution in [2.75, 3.05) is 13.1 Å². The Morgan fingerprint density at radius 3 is 2.35 bits per heavy atom. The van der Waals surface area contributed by atoms with Crippen molar-refractivity contribution in [3.05, 3.63) is 108 Å². The highest BCUT2D eigenvalue weighted by molar-refractivity contribution is 5.86. The summed E-state index contributed by atoms with van der Waals surface area (Å²) in [4.78, 5) is 11.0. The fourth-order valence-corrected chi connectivity index (χ4v) is 5.12. The van der Waals surface area contributed by atoms with Crippen LogP contribution < -0.4 is 5.32 Å². The van der Waals surface area contributed by atoms with Crippen molar-refractivity contribution < 1.29 is 5.11 Å². The number of hydrogen-bond acceptors (Lipinski definition) is 4. The first-order chi connectivity index (χ1) is 16.8. The summed E-state index contributed by atoms with van der Waals surface area (Å²) >= 11 is 0. The van der Waals surface area contributed by atoms with Gasteiger partial charge in [-0.25, -0.2) is 4.98 Å². The van der Waals surface area contributed by atoms with Gasteiger partial charge >= 0.3 is 0 Å². The predicted molar refractivity (Wildman–Crippen MR) is 137 cm³/mol. The van der Waals surface area contributed by atoms with Gasteiger partial charge in [-0.05, 0) is 49.1 Å². The number of benzene rings is 3. The highest BCUT2D eigenvalue weighted by atomic mass is 16.3. The number of nitrogens with zero attached hydrogens (tertiary/aromatic N) is 2. The molecule has 2 aliphatic heterocycles. The van der Waals surface area contributed by atoms with Crippen LogP contribution in [0.1, 0.15) is 42.1 Å². The Balaban J connectivity index is 1.58. The minimum atomic E-state index is -0.157. The molecule has 1 atom stereocenters. The number of fused-ring (bicyclic) bond motifs is 1. The lowest BCUT2D eigenvalue weighted by molar-refractivity contribution is 0.274. The average Bonchev–Trinajstić information content (AvgIpc) is 3.33. The molecule has 4 aromatic rings. The van der Waals surface area contributed by atoms with Gasteiger partial charge in [0.15, 0.2) is 0 Å². The molecule has 1 saturated heterocycles. The van der Waals surface area contributed by atoms with Crippen LogP contribution in [0.5, 0.6) is 5.75 Å². The lowest BCUT2D eigenvalue weighted by atomic mass is 9.85. The summed E-state index contributed by atoms with van der Waals surface area (Å²) in [7, 11) is 0. The number of phenols is 1. The molecular formula is C29H28N4O. The van der Waals surface area contributed by atoms with Crippen molar-refractivity contribution in [1.29, 1.82) is 0 Å². The van der Waals surface area contributed by atoms with Gasteiger partial charge in [-0.3, -0.25) is 0 Å². The van der Waals surface area contributed by atoms with Crippen LogP contribution in [0.15, 0.2) is 90.8 Å². The zero-order valence-electron chi connectivity index (χ0n) is 19.0. The molecule has 1 fully saturated rings. The van der Waals surface area contributed by atoms with E-state index in [0.717, 1.165) is 58.2 Å². The molecule has 0 radical (unpaired) electrons. The lowest BCUT2D eigenvalue weighted by Crippen LogP contribution is -2.38. The summed E-state index contributed by atoms with van der Waals surface area (Å²) in [5.74, 6) is 2.05. The topological polar surface area (TPSA) is 64.2 Å². The number of H-pyrrole nitrogens is 1. The molecule has 5 heteroatoms. The first-order valence-electron chi connectivity index (χ1n) is 12.0. The van der Waals surface area contributed by atoms with Crippen LogP contribution in [0.4, 0.5) is 0 Å². The number of nitrogens with one attached hydrogen (secondary N) is 2. The van der Waals surface area contributed by atoms with Gasteiger partial charge in [0.05, 0.1) is 11.0 Å². The van der Waals surface area contributed by atoms with E-state index in [1.54, 1.807) is 6.07 Å². The zero-order chi connectivity index (χ0) is 22.9. The molecule has 34 heavy (non-hydrogen) atoms. The lowest BCUT2D eigenvalue weighted by Gasteiger charge is -2.38. The zero-order valence-corrected chi connectivity index (χ0v) is 19.0. The van der Waals surface area contributed by atoms with E-state index in [-0.39, 0.29) is 5.92 Å². The molecule has 3 N–H and O–H groups in total. The number of dihydropyridines is 1. The average molecular weight is 449 g/mol. The third-order valence-electron chi connectivity index (χ3n) is 6.83. The van der Waals surface area contributed by atoms with E-state index in [1.165, 1.54) is 19.3 Å². The van der Waals surface area contributed by atoms with Gasteiger partial charge in [0.2, 0.25) is 0 Å². The molecule has 1 aromatic heterocycles. The number of aromatic nitrogens is 2. The number of phenolic OH excluding ortho intramolecular Hbond substituents is 1. The summed E-state index contributed by atoms with van der Waals surface area (Å²) in [5.41, 5.74) is 6.07. The van der Waals surface area contributed by atoms with Gasteiger partial charge in [-0.15, -0.1) is 0 Å². The quantitative estimate of drug-likeness (QED) is 0.366. The molecular weight excluding hydrogens is 420 g/mol. The molecule has 2 aliphatic rings. The van der Waals surface area contributed by atoms with Gasteiger partial charge in [-0.2, -0.15) is 0 Å². The molecule has 6 rings (SSSR count). The first kappa shape index (κ1) is 20.6. The Labute approximate surface area is 199 Å². The van der Waals surface area contributed by atoms with Gasteiger partial charge in [0.1, 0.15) is 17.4 Å². The number of allylic oxidation sites excluding steroid dienone is 2. The standard InChI is InChI=1S/C29H28N4O/c34-26-16-8-5-13-21(26)22-19-25(20-11-3-1-4-12-20)32-29(33-17-9-2-10-18-33)27(22)28-30-23-14-6-7-15-24(23)31-28/h1,3-8,11-16,19,22,32,34H,2,9-10,17-18H2,(H,30,31)/t22-/m1/s1. The van der Waals surface area contributed by atoms with Crippen LogP contribution in [0.3, 0.4) is 0 Å². The van der Waals surface area contributed by atoms with Crippen molar-refractivity contribution in [3.8, 4) is 5.75 Å². The van der Waals surface area contributed by atoms with E-state index in [4.69, 9.17) is 4.98 Å². The van der Waals surface area contributed by atoms with Gasteiger partial charge in [-0.1, -0.05) is 60.7 Å². The first-order valence-corrected chi connectivity index (χ1v) is 12.0. The molecule has 0 amide bonds. The maximum Gasteiger partial charge on any atom is 0.139 e. The Bertz CT molecular complexity index is 1350. The summed E-state index contributed by atoms with van der Waals surface area (Å²) in [6.07, 6.45) is 5.82. The minimum absolute atomic E-state index is 0.157. The molecule has 0 spiro atoms. The van der Waals surface area contributed by atoms with Crippen LogP contribution in [0.2, 0.25) is 0 Å². The molecule has 0 aliphatic carbocycles. The summed E-state index contributed by atoms with van der Waals surface area (Å²) in [5, 5.41) is 14.7. The molecule has 3 heterocycles. The predicted octanol–water partition coefficient (Wildman–Crippen LogP) is 5.85. The van der Waals surface area contributed by atoms with E-state index in [9.17, 15) is 5.11 Å². The van der Waals surface area contributed by atoms with E-state index in [0.29, 0.717) is 5.75 Å². The second-order valence-corrected chi connectivity index (χ2v) is 9.02. The van der Waals surface area contributed by atoms with E-state index >= 15 is 0 Å². The van der Waals surface area contributed by atoms with E-state index < -0.39 is 0 Å². The highest BCUT2D eigenvalue weighted by Crippen LogP contribution is 2.43. The Morgan fingerprint density at radius 2 is 1.56 bits per heavy atom. The second-order valence-electron chi connectivity index (χ2n) is 9.02. The minimum Gasteiger partial charge on any atom is -0.508 e. The molecule has 0 bridgehead atoms. The van der Waals surface area contributed by atoms with Crippen LogP contribution >= 0.6 is 0 Å². The van der Waals surface area contributed by atoms with Gasteiger partial charge in [0, 0.05) is 35.8 Å². The summed E-state index contributed by atoms with van der Waals surface area (Å²) < 4.78 is 0. The molecule has 0 unspecified atom stereocenters. The molecule has 170 valence electrons. The SMILES string of the molecule is Oc1ccccc1[C@H]1C=C(c2ccccc2)NC(N2CCCCC2)=C1c1nc2ccccc2[nH]1. The van der Waals surface area contributed by atoms with E-state index in [2.05, 4.69) is 51.6 Å². The number of likely N-dealkylation sites (tertiary alicyclic amines) is 1. The van der Waals surface area contributed by atoms with Crippen LogP contribution in [0, 0.1) is 0 Å². The number of aromatic amines is 1. The molecule has 3 aromatic carbocycles. The molecule has 0 saturated carbocycles. The van der Waals surface area contributed by atoms with E-state index in [1.807, 2.05) is 42.5 Å². The summed E-state index contributed by atoms with van der Waals surface area (Å²) in [6.45, 7) is 2.00. The number of para-hydroxylation sites is 3. The highest BCUT2D eigenvalue weighted by Gasteiger charge is 2.32. The Morgan fingerprint density at radius 1 is 0.824 bits per heavy atom. The number of piperidine rings is 1. The Kier molecular flexibility index (Phi) is 5.30. The van der Waals surface area contributed by atoms with Crippen LogP contribution in [0.25, 0.3) is 22.3 Å². The van der Waals surface area contributed by atoms with Crippen molar-refractivity contribution in [3.63, 3.8) is 0 Å². The maximum atomic E-state index is 10.9. The van der Waals surface area contributed by atoms with Crippen molar-refractivity contribution >= 4 is 22.3 Å². The number of hydrogen-bond donors (Lipinski definition) is 3. The van der Waals surface area contributed by atoms with Crippen LogP contribution in [-0.2, 0) is 0 Å². The van der Waals surface area contributed by atoms with Crippen molar-refractivity contribution in [2.24, 2.45) is 0 Å². The van der Waals surface area contributed by atoms with Crippen molar-refractivity contribution in [1.82, 2.24) is 20.2 Å². The van der Waals surface area contributed by atoms with Gasteiger partial charge < -0.3 is 20.3 Å². The fourth-order valence-electron chi connectivity index (χ4n) is 5.12. The second kappa shape index (κ2) is 8.75. The van der Waals surface area contributed by atoms with Crippen LogP contribution in [-0.4, -0.2) is 33.1 Å². The maximum absolute atomic E-state index is 10.9. The third kappa shape index (κ3) is 3.73. The number of aromatic hydroxyl groups is 1. The Hall–Kier alpha value is -3.99.